The Morgan fingerprint density at radius 2 is 1.71 bits per heavy atom. The van der Waals surface area contributed by atoms with Crippen LogP contribution in [0.15, 0.2) is 77.2 Å². The molecule has 0 saturated heterocycles. The van der Waals surface area contributed by atoms with Crippen LogP contribution >= 0.6 is 0 Å². The maximum atomic E-state index is 13.0. The van der Waals surface area contributed by atoms with Gasteiger partial charge in [0, 0.05) is 5.69 Å². The number of fused-ring (bicyclic) bond motifs is 1. The van der Waals surface area contributed by atoms with E-state index in [4.69, 9.17) is 9.15 Å². The molecule has 31 heavy (non-hydrogen) atoms. The Kier molecular flexibility index (Phi) is 5.80. The van der Waals surface area contributed by atoms with Crippen molar-refractivity contribution in [3.05, 3.63) is 83.9 Å². The number of benzene rings is 3. The summed E-state index contributed by atoms with van der Waals surface area (Å²) in [6.07, 6.45) is -0.585. The number of aromatic nitrogens is 1. The van der Waals surface area contributed by atoms with Gasteiger partial charge in [-0.05, 0) is 49.2 Å². The summed E-state index contributed by atoms with van der Waals surface area (Å²) >= 11 is 0. The summed E-state index contributed by atoms with van der Waals surface area (Å²) in [6, 6.07) is 21.7. The molecule has 1 N–H and O–H groups in total. The van der Waals surface area contributed by atoms with Crippen molar-refractivity contribution in [1.29, 1.82) is 0 Å². The summed E-state index contributed by atoms with van der Waals surface area (Å²) in [5, 5.41) is 2.84. The highest BCUT2D eigenvalue weighted by Crippen LogP contribution is 2.28. The van der Waals surface area contributed by atoms with Gasteiger partial charge in [-0.1, -0.05) is 49.4 Å². The molecule has 0 radical (unpaired) electrons. The predicted molar refractivity (Wildman–Crippen MR) is 119 cm³/mol. The predicted octanol–water partition coefficient (Wildman–Crippen LogP) is 5.38. The Balaban J connectivity index is 1.56. The fourth-order valence-electron chi connectivity index (χ4n) is 3.28. The highest BCUT2D eigenvalue weighted by Gasteiger charge is 2.25. The second-order valence-corrected chi connectivity index (χ2v) is 7.14. The van der Waals surface area contributed by atoms with Gasteiger partial charge in [0.15, 0.2) is 11.7 Å². The van der Waals surface area contributed by atoms with Crippen molar-refractivity contribution in [3.8, 4) is 11.5 Å². The number of aryl methyl sites for hydroxylation is 1. The summed E-state index contributed by atoms with van der Waals surface area (Å²) in [5.74, 6) is -0.653. The van der Waals surface area contributed by atoms with Crippen LogP contribution in [-0.4, -0.2) is 23.0 Å². The van der Waals surface area contributed by atoms with Gasteiger partial charge in [-0.25, -0.2) is 9.78 Å². The van der Waals surface area contributed by atoms with E-state index in [1.807, 2.05) is 55.5 Å². The van der Waals surface area contributed by atoms with E-state index in [9.17, 15) is 9.59 Å². The van der Waals surface area contributed by atoms with Crippen LogP contribution in [0, 0.1) is 6.92 Å². The third-order valence-corrected chi connectivity index (χ3v) is 4.99. The zero-order chi connectivity index (χ0) is 21.8. The molecular formula is C25H22N2O4. The first-order chi connectivity index (χ1) is 15.1. The van der Waals surface area contributed by atoms with Gasteiger partial charge >= 0.3 is 5.97 Å². The number of nitrogens with one attached hydrogen (secondary N) is 1. The number of anilines is 1. The van der Waals surface area contributed by atoms with Crippen LogP contribution in [0.5, 0.6) is 0 Å². The van der Waals surface area contributed by atoms with Crippen LogP contribution in [0.4, 0.5) is 5.69 Å². The number of rotatable bonds is 6. The summed E-state index contributed by atoms with van der Waals surface area (Å²) in [6.45, 7) is 3.70. The number of carbonyl (C=O) groups excluding carboxylic acids is 2. The molecule has 1 aromatic heterocycles. The highest BCUT2D eigenvalue weighted by molar-refractivity contribution is 6.00. The number of oxazole rings is 1. The molecule has 1 atom stereocenters. The lowest BCUT2D eigenvalue weighted by molar-refractivity contribution is -0.124. The van der Waals surface area contributed by atoms with Crippen molar-refractivity contribution in [2.75, 3.05) is 5.32 Å². The van der Waals surface area contributed by atoms with Crippen molar-refractivity contribution in [3.63, 3.8) is 0 Å². The van der Waals surface area contributed by atoms with E-state index in [1.54, 1.807) is 31.2 Å². The van der Waals surface area contributed by atoms with Gasteiger partial charge in [0.2, 0.25) is 5.89 Å². The van der Waals surface area contributed by atoms with Gasteiger partial charge in [0.1, 0.15) is 5.52 Å². The standard InChI is InChI=1S/C25H22N2O4/c1-3-21(23(28)26-19-13-7-4-10-16(19)2)31-25(29)18-12-6-5-11-17(18)24-27-20-14-8-9-15-22(20)30-24/h4-15,21H,3H2,1-2H3,(H,26,28). The molecular weight excluding hydrogens is 392 g/mol. The van der Waals surface area contributed by atoms with E-state index < -0.39 is 12.1 Å². The van der Waals surface area contributed by atoms with Gasteiger partial charge in [0.05, 0.1) is 11.1 Å². The van der Waals surface area contributed by atoms with E-state index >= 15 is 0 Å². The van der Waals surface area contributed by atoms with Crippen LogP contribution in [0.3, 0.4) is 0 Å². The Morgan fingerprint density at radius 3 is 2.48 bits per heavy atom. The lowest BCUT2D eigenvalue weighted by Gasteiger charge is -2.17. The molecule has 6 heteroatoms. The van der Waals surface area contributed by atoms with Crippen LogP contribution in [-0.2, 0) is 9.53 Å². The molecule has 0 aliphatic carbocycles. The largest absolute Gasteiger partial charge is 0.449 e. The molecule has 0 bridgehead atoms. The fraction of sp³-hybridized carbons (Fsp3) is 0.160. The van der Waals surface area contributed by atoms with Gasteiger partial charge in [-0.3, -0.25) is 4.79 Å². The number of para-hydroxylation sites is 3. The first-order valence-electron chi connectivity index (χ1n) is 10.1. The molecule has 1 amide bonds. The number of hydrogen-bond acceptors (Lipinski definition) is 5. The second-order valence-electron chi connectivity index (χ2n) is 7.14. The molecule has 1 heterocycles. The maximum absolute atomic E-state index is 13.0. The van der Waals surface area contributed by atoms with Gasteiger partial charge in [-0.15, -0.1) is 0 Å². The summed E-state index contributed by atoms with van der Waals surface area (Å²) < 4.78 is 11.4. The number of esters is 1. The number of ether oxygens (including phenoxy) is 1. The lowest BCUT2D eigenvalue weighted by Crippen LogP contribution is -2.32. The number of carbonyl (C=O) groups is 2. The Labute approximate surface area is 179 Å². The third kappa shape index (κ3) is 4.33. The number of hydrogen-bond donors (Lipinski definition) is 1. The summed E-state index contributed by atoms with van der Waals surface area (Å²) in [7, 11) is 0. The summed E-state index contributed by atoms with van der Waals surface area (Å²) in [4.78, 5) is 30.2. The van der Waals surface area contributed by atoms with Crippen LogP contribution in [0.2, 0.25) is 0 Å². The molecule has 156 valence electrons. The molecule has 4 rings (SSSR count). The topological polar surface area (TPSA) is 81.4 Å². The molecule has 0 aliphatic heterocycles. The van der Waals surface area contributed by atoms with E-state index in [-0.39, 0.29) is 11.5 Å². The summed E-state index contributed by atoms with van der Waals surface area (Å²) in [5.41, 5.74) is 3.75. The molecule has 1 unspecified atom stereocenters. The fourth-order valence-corrected chi connectivity index (χ4v) is 3.28. The Hall–Kier alpha value is -3.93. The zero-order valence-electron chi connectivity index (χ0n) is 17.3. The average Bonchev–Trinajstić information content (AvgIpc) is 3.23. The zero-order valence-corrected chi connectivity index (χ0v) is 17.3. The van der Waals surface area contributed by atoms with Crippen molar-refractivity contribution in [1.82, 2.24) is 4.98 Å². The third-order valence-electron chi connectivity index (χ3n) is 4.99. The van der Waals surface area contributed by atoms with Crippen LogP contribution < -0.4 is 5.32 Å². The SMILES string of the molecule is CCC(OC(=O)c1ccccc1-c1nc2ccccc2o1)C(=O)Nc1ccccc1C. The maximum Gasteiger partial charge on any atom is 0.339 e. The van der Waals surface area contributed by atoms with Crippen molar-refractivity contribution in [2.24, 2.45) is 0 Å². The highest BCUT2D eigenvalue weighted by atomic mass is 16.5. The average molecular weight is 414 g/mol. The van der Waals surface area contributed by atoms with Crippen LogP contribution in [0.25, 0.3) is 22.6 Å². The quantitative estimate of drug-likeness (QED) is 0.429. The molecule has 0 aliphatic rings. The monoisotopic (exact) mass is 414 g/mol. The normalized spacial score (nSPS) is 11.8. The van der Waals surface area contributed by atoms with E-state index in [1.165, 1.54) is 0 Å². The molecule has 0 spiro atoms. The molecule has 4 aromatic rings. The minimum atomic E-state index is -0.927. The minimum absolute atomic E-state index is 0.288. The lowest BCUT2D eigenvalue weighted by atomic mass is 10.1. The van der Waals surface area contributed by atoms with E-state index in [2.05, 4.69) is 10.3 Å². The van der Waals surface area contributed by atoms with Gasteiger partial charge < -0.3 is 14.5 Å². The van der Waals surface area contributed by atoms with Crippen molar-refractivity contribution >= 4 is 28.7 Å². The van der Waals surface area contributed by atoms with Crippen molar-refractivity contribution < 1.29 is 18.7 Å². The number of nitrogens with zero attached hydrogens (tertiary/aromatic N) is 1. The van der Waals surface area contributed by atoms with Gasteiger partial charge in [-0.2, -0.15) is 0 Å². The molecule has 0 saturated carbocycles. The molecule has 0 fully saturated rings. The Bertz CT molecular complexity index is 1210. The van der Waals surface area contributed by atoms with E-state index in [0.29, 0.717) is 34.7 Å². The van der Waals surface area contributed by atoms with Crippen molar-refractivity contribution in [2.45, 2.75) is 26.4 Å². The van der Waals surface area contributed by atoms with Crippen LogP contribution in [0.1, 0.15) is 29.3 Å². The number of amides is 1. The first-order valence-corrected chi connectivity index (χ1v) is 10.1. The molecule has 3 aromatic carbocycles. The Morgan fingerprint density at radius 1 is 1.00 bits per heavy atom. The van der Waals surface area contributed by atoms with Gasteiger partial charge in [0.25, 0.3) is 5.91 Å². The van der Waals surface area contributed by atoms with E-state index in [0.717, 1.165) is 5.56 Å². The second kappa shape index (κ2) is 8.83. The first kappa shape index (κ1) is 20.3. The molecule has 6 nitrogen and oxygen atoms in total. The minimum Gasteiger partial charge on any atom is -0.449 e. The smallest absolute Gasteiger partial charge is 0.339 e.